The fraction of sp³-hybridized carbons (Fsp3) is 0.318. The van der Waals surface area contributed by atoms with Crippen LogP contribution in [-0.2, 0) is 11.3 Å². The van der Waals surface area contributed by atoms with Crippen molar-refractivity contribution < 1.29 is 14.3 Å². The lowest BCUT2D eigenvalue weighted by molar-refractivity contribution is 0.0283. The quantitative estimate of drug-likeness (QED) is 0.487. The Hall–Kier alpha value is -2.71. The molecule has 0 saturated heterocycles. The minimum atomic E-state index is -0.568. The van der Waals surface area contributed by atoms with Crippen molar-refractivity contribution in [3.63, 3.8) is 0 Å². The number of carbonyl (C=O) groups excluding carboxylic acids is 1. The predicted molar refractivity (Wildman–Crippen MR) is 121 cm³/mol. The van der Waals surface area contributed by atoms with Gasteiger partial charge in [-0.2, -0.15) is 5.10 Å². The number of pyridine rings is 1. The summed E-state index contributed by atoms with van der Waals surface area (Å²) in [5, 5.41) is 6.83. The third kappa shape index (κ3) is 6.15. The molecule has 2 aromatic heterocycles. The molecule has 7 nitrogen and oxygen atoms in total. The van der Waals surface area contributed by atoms with E-state index in [9.17, 15) is 4.79 Å². The van der Waals surface area contributed by atoms with Gasteiger partial charge in [-0.15, -0.1) is 0 Å². The molecule has 0 aliphatic carbocycles. The number of aromatic nitrogens is 3. The summed E-state index contributed by atoms with van der Waals surface area (Å²) >= 11 is 7.86. The van der Waals surface area contributed by atoms with E-state index in [4.69, 9.17) is 26.2 Å². The van der Waals surface area contributed by atoms with Crippen LogP contribution in [0.15, 0.2) is 58.6 Å². The summed E-state index contributed by atoms with van der Waals surface area (Å²) < 4.78 is 12.4. The first-order valence-corrected chi connectivity index (χ1v) is 10.8. The van der Waals surface area contributed by atoms with E-state index in [0.717, 1.165) is 15.7 Å². The van der Waals surface area contributed by atoms with Gasteiger partial charge in [0.25, 0.3) is 0 Å². The Morgan fingerprint density at radius 3 is 2.61 bits per heavy atom. The van der Waals surface area contributed by atoms with Gasteiger partial charge in [-0.3, -0.25) is 0 Å². The Bertz CT molecular complexity index is 1060. The van der Waals surface area contributed by atoms with Crippen molar-refractivity contribution in [2.45, 2.75) is 43.0 Å². The molecule has 0 radical (unpaired) electrons. The molecule has 0 saturated carbocycles. The second-order valence-corrected chi connectivity index (χ2v) is 9.24. The molecule has 0 bridgehead atoms. The Kier molecular flexibility index (Phi) is 7.12. The fourth-order valence-electron chi connectivity index (χ4n) is 2.68. The maximum Gasteiger partial charge on any atom is 0.410 e. The zero-order chi connectivity index (χ0) is 22.6. The first-order valence-electron chi connectivity index (χ1n) is 9.63. The number of hydrogen-bond donors (Lipinski definition) is 0. The molecule has 9 heteroatoms. The standard InChI is InChI=1S/C22H25ClN4O3S/c1-22(2,3)30-21(28)26(4)14-15-13-20(31-19-12-8-11-18(24-19)29-5)27(25-15)17-10-7-6-9-16(17)23/h6-13H,14H2,1-5H3. The smallest absolute Gasteiger partial charge is 0.410 e. The van der Waals surface area contributed by atoms with Gasteiger partial charge in [-0.05, 0) is 56.8 Å². The largest absolute Gasteiger partial charge is 0.481 e. The third-order valence-corrected chi connectivity index (χ3v) is 5.28. The van der Waals surface area contributed by atoms with Crippen LogP contribution in [0.2, 0.25) is 5.02 Å². The third-order valence-electron chi connectivity index (χ3n) is 4.03. The van der Waals surface area contributed by atoms with E-state index in [0.29, 0.717) is 16.6 Å². The monoisotopic (exact) mass is 460 g/mol. The second kappa shape index (κ2) is 9.62. The summed E-state index contributed by atoms with van der Waals surface area (Å²) in [5.74, 6) is 0.527. The summed E-state index contributed by atoms with van der Waals surface area (Å²) in [5.41, 5.74) is 0.862. The van der Waals surface area contributed by atoms with Crippen LogP contribution in [0.3, 0.4) is 0 Å². The molecular formula is C22H25ClN4O3S. The van der Waals surface area contributed by atoms with E-state index in [-0.39, 0.29) is 6.54 Å². The van der Waals surface area contributed by atoms with Gasteiger partial charge in [0.1, 0.15) is 15.7 Å². The topological polar surface area (TPSA) is 69.5 Å². The number of para-hydroxylation sites is 1. The number of hydrogen-bond acceptors (Lipinski definition) is 6. The zero-order valence-corrected chi connectivity index (χ0v) is 19.7. The van der Waals surface area contributed by atoms with Crippen molar-refractivity contribution in [1.82, 2.24) is 19.7 Å². The molecule has 1 aromatic carbocycles. The van der Waals surface area contributed by atoms with E-state index in [2.05, 4.69) is 4.98 Å². The summed E-state index contributed by atoms with van der Waals surface area (Å²) in [6.07, 6.45) is -0.413. The van der Waals surface area contributed by atoms with Crippen LogP contribution in [0.4, 0.5) is 4.79 Å². The van der Waals surface area contributed by atoms with Gasteiger partial charge in [0.15, 0.2) is 0 Å². The lowest BCUT2D eigenvalue weighted by Crippen LogP contribution is -2.33. The SMILES string of the molecule is COc1cccc(Sc2cc(CN(C)C(=O)OC(C)(C)C)nn2-c2ccccc2Cl)n1. The van der Waals surface area contributed by atoms with E-state index >= 15 is 0 Å². The molecule has 0 spiro atoms. The summed E-state index contributed by atoms with van der Waals surface area (Å²) in [6, 6.07) is 14.9. The van der Waals surface area contributed by atoms with Gasteiger partial charge in [-0.25, -0.2) is 14.5 Å². The van der Waals surface area contributed by atoms with Gasteiger partial charge in [0, 0.05) is 13.1 Å². The molecule has 0 aliphatic rings. The van der Waals surface area contributed by atoms with Crippen LogP contribution < -0.4 is 4.74 Å². The minimum Gasteiger partial charge on any atom is -0.481 e. The Morgan fingerprint density at radius 2 is 1.94 bits per heavy atom. The maximum atomic E-state index is 12.4. The van der Waals surface area contributed by atoms with Crippen LogP contribution >= 0.6 is 23.4 Å². The Labute approximate surface area is 191 Å². The summed E-state index contributed by atoms with van der Waals surface area (Å²) in [7, 11) is 3.26. The van der Waals surface area contributed by atoms with E-state index in [1.54, 1.807) is 24.9 Å². The number of nitrogens with zero attached hydrogens (tertiary/aromatic N) is 4. The molecule has 31 heavy (non-hydrogen) atoms. The molecule has 1 amide bonds. The highest BCUT2D eigenvalue weighted by atomic mass is 35.5. The molecule has 0 atom stereocenters. The number of benzene rings is 1. The summed E-state index contributed by atoms with van der Waals surface area (Å²) in [6.45, 7) is 5.79. The molecule has 0 N–H and O–H groups in total. The first-order chi connectivity index (χ1) is 14.7. The van der Waals surface area contributed by atoms with E-state index in [1.165, 1.54) is 16.7 Å². The van der Waals surface area contributed by atoms with Crippen LogP contribution in [0.25, 0.3) is 5.69 Å². The van der Waals surface area contributed by atoms with Gasteiger partial charge < -0.3 is 14.4 Å². The number of rotatable bonds is 6. The van der Waals surface area contributed by atoms with Crippen LogP contribution in [0, 0.1) is 0 Å². The normalized spacial score (nSPS) is 11.3. The van der Waals surface area contributed by atoms with Crippen molar-refractivity contribution in [2.24, 2.45) is 0 Å². The van der Waals surface area contributed by atoms with Gasteiger partial charge in [-0.1, -0.05) is 29.8 Å². The minimum absolute atomic E-state index is 0.283. The van der Waals surface area contributed by atoms with E-state index < -0.39 is 11.7 Å². The highest BCUT2D eigenvalue weighted by Crippen LogP contribution is 2.32. The van der Waals surface area contributed by atoms with Crippen molar-refractivity contribution in [3.05, 3.63) is 59.2 Å². The molecule has 2 heterocycles. The molecule has 3 rings (SSSR count). The van der Waals surface area contributed by atoms with Crippen molar-refractivity contribution in [3.8, 4) is 11.6 Å². The molecule has 164 valence electrons. The number of amides is 1. The van der Waals surface area contributed by atoms with Gasteiger partial charge >= 0.3 is 6.09 Å². The van der Waals surface area contributed by atoms with Gasteiger partial charge in [0.2, 0.25) is 5.88 Å². The number of carbonyl (C=O) groups is 1. The van der Waals surface area contributed by atoms with Gasteiger partial charge in [0.05, 0.1) is 30.1 Å². The average molecular weight is 461 g/mol. The van der Waals surface area contributed by atoms with E-state index in [1.807, 2.05) is 63.2 Å². The highest BCUT2D eigenvalue weighted by Gasteiger charge is 2.21. The molecule has 0 aliphatic heterocycles. The molecule has 0 fully saturated rings. The lowest BCUT2D eigenvalue weighted by Gasteiger charge is -2.24. The molecule has 0 unspecified atom stereocenters. The zero-order valence-electron chi connectivity index (χ0n) is 18.1. The summed E-state index contributed by atoms with van der Waals surface area (Å²) in [4.78, 5) is 18.3. The number of methoxy groups -OCH3 is 1. The number of ether oxygens (including phenoxy) is 2. The van der Waals surface area contributed by atoms with Crippen molar-refractivity contribution in [2.75, 3.05) is 14.2 Å². The number of halogens is 1. The first kappa shape index (κ1) is 23.0. The van der Waals surface area contributed by atoms with Crippen LogP contribution in [0.5, 0.6) is 5.88 Å². The Morgan fingerprint density at radius 1 is 1.19 bits per heavy atom. The van der Waals surface area contributed by atoms with Crippen LogP contribution in [-0.4, -0.2) is 45.5 Å². The maximum absolute atomic E-state index is 12.4. The average Bonchev–Trinajstić information content (AvgIpc) is 3.09. The second-order valence-electron chi connectivity index (χ2n) is 7.79. The van der Waals surface area contributed by atoms with Crippen molar-refractivity contribution in [1.29, 1.82) is 0 Å². The van der Waals surface area contributed by atoms with Crippen LogP contribution in [0.1, 0.15) is 26.5 Å². The molecular weight excluding hydrogens is 436 g/mol. The lowest BCUT2D eigenvalue weighted by atomic mass is 10.2. The molecule has 3 aromatic rings. The predicted octanol–water partition coefficient (Wildman–Crippen LogP) is 5.45. The Balaban J connectivity index is 1.92. The highest BCUT2D eigenvalue weighted by molar-refractivity contribution is 7.99. The fourth-order valence-corrected chi connectivity index (χ4v) is 3.81. The van der Waals surface area contributed by atoms with Crippen molar-refractivity contribution >= 4 is 29.5 Å².